The fourth-order valence-corrected chi connectivity index (χ4v) is 2.30. The van der Waals surface area contributed by atoms with Gasteiger partial charge in [-0.3, -0.25) is 0 Å². The smallest absolute Gasteiger partial charge is 0.408 e. The van der Waals surface area contributed by atoms with Crippen LogP contribution in [0, 0.1) is 28.6 Å². The number of nitriles is 2. The van der Waals surface area contributed by atoms with Gasteiger partial charge in [0.1, 0.15) is 23.3 Å². The average molecular weight is 325 g/mol. The Morgan fingerprint density at radius 2 is 1.83 bits per heavy atom. The van der Waals surface area contributed by atoms with Crippen molar-refractivity contribution in [2.45, 2.75) is 45.8 Å². The van der Waals surface area contributed by atoms with Crippen molar-refractivity contribution >= 4 is 6.09 Å². The minimum absolute atomic E-state index is 0.0359. The molecule has 1 N–H and O–H groups in total. The second-order valence-electron chi connectivity index (χ2n) is 6.41. The molecule has 0 aliphatic heterocycles. The fourth-order valence-electron chi connectivity index (χ4n) is 2.30. The molecule has 5 nitrogen and oxygen atoms in total. The molecule has 126 valence electrons. The molecule has 0 fully saturated rings. The summed E-state index contributed by atoms with van der Waals surface area (Å²) in [5.74, 6) is -0.200. The molecule has 5 heteroatoms. The van der Waals surface area contributed by atoms with Crippen molar-refractivity contribution in [3.05, 3.63) is 47.5 Å². The SMILES string of the molecule is CC[C@H](C=C(C#N)C#N)[C@@H](NC(=O)OC(C)(C)C)c1ccccc1. The normalized spacial score (nSPS) is 12.9. The summed E-state index contributed by atoms with van der Waals surface area (Å²) < 4.78 is 5.34. The Morgan fingerprint density at radius 3 is 2.29 bits per heavy atom. The van der Waals surface area contributed by atoms with Gasteiger partial charge in [-0.2, -0.15) is 10.5 Å². The Labute approximate surface area is 143 Å². The highest BCUT2D eigenvalue weighted by Crippen LogP contribution is 2.27. The van der Waals surface area contributed by atoms with Crippen LogP contribution in [0.1, 0.15) is 45.7 Å². The lowest BCUT2D eigenvalue weighted by molar-refractivity contribution is 0.0490. The molecule has 1 amide bonds. The fraction of sp³-hybridized carbons (Fsp3) is 0.421. The first kappa shape index (κ1) is 19.3. The molecular formula is C19H23N3O2. The van der Waals surface area contributed by atoms with Crippen molar-refractivity contribution in [3.63, 3.8) is 0 Å². The summed E-state index contributed by atoms with van der Waals surface area (Å²) in [6.07, 6.45) is 1.73. The van der Waals surface area contributed by atoms with E-state index < -0.39 is 11.7 Å². The molecule has 0 aliphatic rings. The number of nitrogens with zero attached hydrogens (tertiary/aromatic N) is 2. The van der Waals surface area contributed by atoms with E-state index in [4.69, 9.17) is 15.3 Å². The maximum absolute atomic E-state index is 12.2. The molecule has 1 aromatic carbocycles. The standard InChI is InChI=1S/C19H23N3O2/c1-5-15(11-14(12-20)13-21)17(16-9-7-6-8-10-16)22-18(23)24-19(2,3)4/h6-11,15,17H,5H2,1-4H3,(H,22,23)/t15-,17-/m1/s1. The number of hydrogen-bond donors (Lipinski definition) is 1. The lowest BCUT2D eigenvalue weighted by Gasteiger charge is -2.27. The third kappa shape index (κ3) is 6.14. The molecule has 2 atom stereocenters. The van der Waals surface area contributed by atoms with Crippen LogP contribution in [0.15, 0.2) is 42.0 Å². The molecule has 0 unspecified atom stereocenters. The van der Waals surface area contributed by atoms with Gasteiger partial charge >= 0.3 is 6.09 Å². The molecule has 0 heterocycles. The predicted octanol–water partition coefficient (Wildman–Crippen LogP) is 4.25. The molecule has 0 bridgehead atoms. The molecule has 0 aliphatic carbocycles. The van der Waals surface area contributed by atoms with E-state index in [1.54, 1.807) is 26.8 Å². The van der Waals surface area contributed by atoms with E-state index in [2.05, 4.69) is 5.32 Å². The summed E-state index contributed by atoms with van der Waals surface area (Å²) in [5.41, 5.74) is 0.323. The van der Waals surface area contributed by atoms with E-state index in [1.165, 1.54) is 0 Å². The van der Waals surface area contributed by atoms with Crippen LogP contribution in [0.2, 0.25) is 0 Å². The second kappa shape index (κ2) is 8.74. The summed E-state index contributed by atoms with van der Waals surface area (Å²) in [4.78, 5) is 12.2. The number of nitrogens with one attached hydrogen (secondary N) is 1. The number of hydrogen-bond acceptors (Lipinski definition) is 4. The minimum Gasteiger partial charge on any atom is -0.444 e. The van der Waals surface area contributed by atoms with Crippen molar-refractivity contribution in [2.24, 2.45) is 5.92 Å². The zero-order chi connectivity index (χ0) is 18.2. The maximum atomic E-state index is 12.2. The van der Waals surface area contributed by atoms with Crippen molar-refractivity contribution in [2.75, 3.05) is 0 Å². The van der Waals surface area contributed by atoms with Gasteiger partial charge in [0, 0.05) is 5.92 Å². The van der Waals surface area contributed by atoms with Crippen molar-refractivity contribution in [1.82, 2.24) is 5.32 Å². The highest BCUT2D eigenvalue weighted by Gasteiger charge is 2.25. The van der Waals surface area contributed by atoms with Crippen LogP contribution >= 0.6 is 0 Å². The number of carbonyl (C=O) groups is 1. The van der Waals surface area contributed by atoms with Gasteiger partial charge in [-0.25, -0.2) is 4.79 Å². The number of ether oxygens (including phenoxy) is 1. The van der Waals surface area contributed by atoms with Gasteiger partial charge < -0.3 is 10.1 Å². The molecule has 24 heavy (non-hydrogen) atoms. The summed E-state index contributed by atoms with van der Waals surface area (Å²) in [7, 11) is 0. The molecule has 0 saturated carbocycles. The highest BCUT2D eigenvalue weighted by molar-refractivity contribution is 5.68. The highest BCUT2D eigenvalue weighted by atomic mass is 16.6. The van der Waals surface area contributed by atoms with Crippen LogP contribution in [0.5, 0.6) is 0 Å². The van der Waals surface area contributed by atoms with Gasteiger partial charge in [0.05, 0.1) is 6.04 Å². The topological polar surface area (TPSA) is 85.9 Å². The number of carbonyl (C=O) groups excluding carboxylic acids is 1. The summed E-state index contributed by atoms with van der Waals surface area (Å²) in [6, 6.07) is 12.8. The monoisotopic (exact) mass is 325 g/mol. The number of amides is 1. The lowest BCUT2D eigenvalue weighted by Crippen LogP contribution is -2.37. The Balaban J connectivity index is 3.15. The van der Waals surface area contributed by atoms with Crippen LogP contribution in [-0.2, 0) is 4.74 Å². The van der Waals surface area contributed by atoms with Crippen molar-refractivity contribution < 1.29 is 9.53 Å². The van der Waals surface area contributed by atoms with Gasteiger partial charge in [-0.15, -0.1) is 0 Å². The van der Waals surface area contributed by atoms with E-state index in [9.17, 15) is 4.79 Å². The first-order valence-electron chi connectivity index (χ1n) is 7.87. The first-order valence-corrected chi connectivity index (χ1v) is 7.87. The Bertz CT molecular complexity index is 645. The largest absolute Gasteiger partial charge is 0.444 e. The number of alkyl carbamates (subject to hydrolysis) is 1. The molecule has 0 radical (unpaired) electrons. The number of allylic oxidation sites excluding steroid dienone is 1. The van der Waals surface area contributed by atoms with Gasteiger partial charge in [0.15, 0.2) is 0 Å². The molecular weight excluding hydrogens is 302 g/mol. The quantitative estimate of drug-likeness (QED) is 0.820. The van der Waals surface area contributed by atoms with Gasteiger partial charge in [-0.1, -0.05) is 43.3 Å². The summed E-state index contributed by atoms with van der Waals surface area (Å²) >= 11 is 0. The van der Waals surface area contributed by atoms with E-state index in [1.807, 2.05) is 49.4 Å². The lowest BCUT2D eigenvalue weighted by atomic mass is 9.89. The Hall–Kier alpha value is -2.79. The van der Waals surface area contributed by atoms with Gasteiger partial charge in [-0.05, 0) is 32.8 Å². The molecule has 1 aromatic rings. The number of benzene rings is 1. The Morgan fingerprint density at radius 1 is 1.25 bits per heavy atom. The van der Waals surface area contributed by atoms with Crippen LogP contribution in [0.25, 0.3) is 0 Å². The average Bonchev–Trinajstić information content (AvgIpc) is 2.53. The van der Waals surface area contributed by atoms with Crippen molar-refractivity contribution in [3.8, 4) is 12.1 Å². The third-order valence-electron chi connectivity index (χ3n) is 3.35. The molecule has 0 saturated heterocycles. The third-order valence-corrected chi connectivity index (χ3v) is 3.35. The molecule has 1 rings (SSSR count). The first-order chi connectivity index (χ1) is 11.3. The maximum Gasteiger partial charge on any atom is 0.408 e. The van der Waals surface area contributed by atoms with E-state index >= 15 is 0 Å². The zero-order valence-corrected chi connectivity index (χ0v) is 14.5. The van der Waals surface area contributed by atoms with Crippen LogP contribution in [0.4, 0.5) is 4.79 Å². The zero-order valence-electron chi connectivity index (χ0n) is 14.5. The Kier molecular flexibility index (Phi) is 7.01. The van der Waals surface area contributed by atoms with Crippen LogP contribution in [0.3, 0.4) is 0 Å². The van der Waals surface area contributed by atoms with Crippen LogP contribution < -0.4 is 5.32 Å². The van der Waals surface area contributed by atoms with Gasteiger partial charge in [0.25, 0.3) is 0 Å². The second-order valence-corrected chi connectivity index (χ2v) is 6.41. The molecule has 0 spiro atoms. The van der Waals surface area contributed by atoms with E-state index in [0.717, 1.165) is 5.56 Å². The van der Waals surface area contributed by atoms with E-state index in [-0.39, 0.29) is 17.5 Å². The van der Waals surface area contributed by atoms with Crippen LogP contribution in [-0.4, -0.2) is 11.7 Å². The summed E-state index contributed by atoms with van der Waals surface area (Å²) in [5, 5.41) is 20.9. The summed E-state index contributed by atoms with van der Waals surface area (Å²) in [6.45, 7) is 7.33. The predicted molar refractivity (Wildman–Crippen MR) is 91.6 cm³/mol. The minimum atomic E-state index is -0.604. The van der Waals surface area contributed by atoms with E-state index in [0.29, 0.717) is 6.42 Å². The van der Waals surface area contributed by atoms with Gasteiger partial charge in [0.2, 0.25) is 0 Å². The molecule has 0 aromatic heterocycles. The number of rotatable bonds is 5. The van der Waals surface area contributed by atoms with Crippen molar-refractivity contribution in [1.29, 1.82) is 10.5 Å².